The maximum absolute atomic E-state index is 9.53. The van der Waals surface area contributed by atoms with Gasteiger partial charge in [-0.25, -0.2) is 4.98 Å². The summed E-state index contributed by atoms with van der Waals surface area (Å²) in [4.78, 5) is 6.93. The molecule has 3 rings (SSSR count). The molecule has 1 aromatic heterocycles. The van der Waals surface area contributed by atoms with Gasteiger partial charge in [-0.15, -0.1) is 0 Å². The van der Waals surface area contributed by atoms with Crippen LogP contribution in [0.15, 0.2) is 30.3 Å². The van der Waals surface area contributed by atoms with Gasteiger partial charge in [-0.05, 0) is 55.6 Å². The van der Waals surface area contributed by atoms with Crippen LogP contribution in [0.2, 0.25) is 5.02 Å². The molecular formula is C22H31ClN4O. The quantitative estimate of drug-likeness (QED) is 0.589. The number of hydrogen-bond donors (Lipinski definition) is 3. The van der Waals surface area contributed by atoms with Gasteiger partial charge in [0, 0.05) is 41.5 Å². The van der Waals surface area contributed by atoms with E-state index in [4.69, 9.17) is 17.3 Å². The van der Waals surface area contributed by atoms with Crippen molar-refractivity contribution in [2.24, 2.45) is 0 Å². The van der Waals surface area contributed by atoms with E-state index in [1.807, 2.05) is 12.1 Å². The van der Waals surface area contributed by atoms with Crippen molar-refractivity contribution < 1.29 is 5.11 Å². The van der Waals surface area contributed by atoms with Crippen LogP contribution in [0.5, 0.6) is 0 Å². The molecule has 0 radical (unpaired) electrons. The molecule has 1 saturated heterocycles. The molecule has 28 heavy (non-hydrogen) atoms. The van der Waals surface area contributed by atoms with Crippen molar-refractivity contribution in [2.45, 2.75) is 51.6 Å². The standard InChI is InChI=1S/C22H31ClN4O/c1-2-5-18(15-28)25-20-12-19(26-22(24)13-20)11-17-7-6-16(10-21(17)23)14-27-8-3-4-9-27/h6-7,10,12-13,18,28H,2-5,8-9,11,14-15H2,1H3,(H3,24,25,26)/t18-/m0/s1. The number of nitrogens with one attached hydrogen (secondary N) is 1. The van der Waals surface area contributed by atoms with Crippen LogP contribution < -0.4 is 11.1 Å². The lowest BCUT2D eigenvalue weighted by Gasteiger charge is -2.18. The van der Waals surface area contributed by atoms with E-state index in [1.165, 1.54) is 31.5 Å². The van der Waals surface area contributed by atoms with Crippen molar-refractivity contribution in [1.29, 1.82) is 0 Å². The number of anilines is 2. The SMILES string of the molecule is CCC[C@@H](CO)Nc1cc(N)nc(Cc2ccc(CN3CCCC3)cc2Cl)c1. The van der Waals surface area contributed by atoms with Crippen molar-refractivity contribution in [3.8, 4) is 0 Å². The molecule has 5 nitrogen and oxygen atoms in total. The average molecular weight is 403 g/mol. The Labute approximate surface area is 172 Å². The molecule has 2 heterocycles. The molecule has 0 aliphatic carbocycles. The van der Waals surface area contributed by atoms with Crippen molar-refractivity contribution in [3.05, 3.63) is 52.2 Å². The molecule has 4 N–H and O–H groups in total. The topological polar surface area (TPSA) is 74.4 Å². The van der Waals surface area contributed by atoms with Gasteiger partial charge in [0.1, 0.15) is 5.82 Å². The summed E-state index contributed by atoms with van der Waals surface area (Å²) in [7, 11) is 0. The molecule has 152 valence electrons. The van der Waals surface area contributed by atoms with Gasteiger partial charge in [-0.2, -0.15) is 0 Å². The summed E-state index contributed by atoms with van der Waals surface area (Å²) in [5, 5.41) is 13.7. The fraction of sp³-hybridized carbons (Fsp3) is 0.500. The first-order valence-electron chi connectivity index (χ1n) is 10.2. The molecule has 2 aromatic rings. The largest absolute Gasteiger partial charge is 0.394 e. The number of halogens is 1. The number of nitrogens with zero attached hydrogens (tertiary/aromatic N) is 2. The summed E-state index contributed by atoms with van der Waals surface area (Å²) in [5.41, 5.74) is 10.1. The predicted molar refractivity (Wildman–Crippen MR) is 117 cm³/mol. The lowest BCUT2D eigenvalue weighted by Crippen LogP contribution is -2.23. The number of nitrogens with two attached hydrogens (primary N) is 1. The second kappa shape index (κ2) is 10.1. The van der Waals surface area contributed by atoms with Crippen LogP contribution in [-0.2, 0) is 13.0 Å². The molecule has 1 atom stereocenters. The monoisotopic (exact) mass is 402 g/mol. The lowest BCUT2D eigenvalue weighted by atomic mass is 10.1. The molecule has 1 aliphatic heterocycles. The number of pyridine rings is 1. The number of likely N-dealkylation sites (tertiary alicyclic amines) is 1. The highest BCUT2D eigenvalue weighted by Crippen LogP contribution is 2.24. The highest BCUT2D eigenvalue weighted by Gasteiger charge is 2.13. The second-order valence-corrected chi connectivity index (χ2v) is 8.08. The third-order valence-electron chi connectivity index (χ3n) is 5.22. The molecule has 0 amide bonds. The van der Waals surface area contributed by atoms with E-state index < -0.39 is 0 Å². The van der Waals surface area contributed by atoms with Crippen molar-refractivity contribution >= 4 is 23.1 Å². The number of nitrogen functional groups attached to an aromatic ring is 1. The fourth-order valence-corrected chi connectivity index (χ4v) is 4.07. The molecule has 0 bridgehead atoms. The molecule has 0 saturated carbocycles. The van der Waals surface area contributed by atoms with Gasteiger partial charge in [0.15, 0.2) is 0 Å². The van der Waals surface area contributed by atoms with E-state index in [1.54, 1.807) is 0 Å². The Morgan fingerprint density at radius 1 is 1.25 bits per heavy atom. The Balaban J connectivity index is 1.70. The Bertz CT molecular complexity index is 777. The Kier molecular flexibility index (Phi) is 7.54. The summed E-state index contributed by atoms with van der Waals surface area (Å²) in [6, 6.07) is 10.1. The zero-order valence-corrected chi connectivity index (χ0v) is 17.4. The molecular weight excluding hydrogens is 372 g/mol. The number of aliphatic hydroxyl groups excluding tert-OH is 1. The third kappa shape index (κ3) is 5.84. The molecule has 1 fully saturated rings. The number of aliphatic hydroxyl groups is 1. The number of aromatic nitrogens is 1. The van der Waals surface area contributed by atoms with Crippen molar-refractivity contribution in [1.82, 2.24) is 9.88 Å². The maximum Gasteiger partial charge on any atom is 0.125 e. The minimum Gasteiger partial charge on any atom is -0.394 e. The van der Waals surface area contributed by atoms with E-state index >= 15 is 0 Å². The Morgan fingerprint density at radius 3 is 2.71 bits per heavy atom. The van der Waals surface area contributed by atoms with Crippen LogP contribution in [0, 0.1) is 0 Å². The first-order valence-corrected chi connectivity index (χ1v) is 10.6. The number of hydrogen-bond acceptors (Lipinski definition) is 5. The van der Waals surface area contributed by atoms with Gasteiger partial charge in [-0.3, -0.25) is 4.90 Å². The normalized spacial score (nSPS) is 15.7. The Hall–Kier alpha value is -1.82. The number of rotatable bonds is 9. The van der Waals surface area contributed by atoms with Gasteiger partial charge in [0.05, 0.1) is 6.61 Å². The first kappa shape index (κ1) is 20.9. The van der Waals surface area contributed by atoms with Gasteiger partial charge < -0.3 is 16.2 Å². The summed E-state index contributed by atoms with van der Waals surface area (Å²) in [6.07, 6.45) is 5.11. The maximum atomic E-state index is 9.53. The first-order chi connectivity index (χ1) is 13.6. The predicted octanol–water partition coefficient (Wildman–Crippen LogP) is 4.08. The minimum atomic E-state index is 0.0214. The zero-order chi connectivity index (χ0) is 19.9. The smallest absolute Gasteiger partial charge is 0.125 e. The van der Waals surface area contributed by atoms with E-state index in [0.717, 1.165) is 41.4 Å². The summed E-state index contributed by atoms with van der Waals surface area (Å²) >= 11 is 6.57. The van der Waals surface area contributed by atoms with E-state index in [-0.39, 0.29) is 12.6 Å². The van der Waals surface area contributed by atoms with E-state index in [0.29, 0.717) is 12.2 Å². The highest BCUT2D eigenvalue weighted by atomic mass is 35.5. The average Bonchev–Trinajstić information content (AvgIpc) is 3.16. The van der Waals surface area contributed by atoms with Gasteiger partial charge in [0.2, 0.25) is 0 Å². The highest BCUT2D eigenvalue weighted by molar-refractivity contribution is 6.31. The van der Waals surface area contributed by atoms with Gasteiger partial charge >= 0.3 is 0 Å². The van der Waals surface area contributed by atoms with Crippen LogP contribution in [0.4, 0.5) is 11.5 Å². The van der Waals surface area contributed by atoms with E-state index in [9.17, 15) is 5.11 Å². The third-order valence-corrected chi connectivity index (χ3v) is 5.57. The summed E-state index contributed by atoms with van der Waals surface area (Å²) < 4.78 is 0. The zero-order valence-electron chi connectivity index (χ0n) is 16.6. The van der Waals surface area contributed by atoms with Crippen LogP contribution >= 0.6 is 11.6 Å². The molecule has 0 spiro atoms. The number of benzene rings is 1. The molecule has 0 unspecified atom stereocenters. The minimum absolute atomic E-state index is 0.0214. The fourth-order valence-electron chi connectivity index (χ4n) is 3.80. The lowest BCUT2D eigenvalue weighted by molar-refractivity contribution is 0.268. The van der Waals surface area contributed by atoms with Crippen molar-refractivity contribution in [3.63, 3.8) is 0 Å². The van der Waals surface area contributed by atoms with Gasteiger partial charge in [0.25, 0.3) is 0 Å². The van der Waals surface area contributed by atoms with Crippen LogP contribution in [-0.4, -0.2) is 40.7 Å². The van der Waals surface area contributed by atoms with Crippen molar-refractivity contribution in [2.75, 3.05) is 30.7 Å². The Morgan fingerprint density at radius 2 is 2.04 bits per heavy atom. The molecule has 1 aliphatic rings. The second-order valence-electron chi connectivity index (χ2n) is 7.67. The summed E-state index contributed by atoms with van der Waals surface area (Å²) in [6.45, 7) is 5.51. The van der Waals surface area contributed by atoms with Crippen LogP contribution in [0.1, 0.15) is 49.4 Å². The molecule has 6 heteroatoms. The van der Waals surface area contributed by atoms with E-state index in [2.05, 4.69) is 40.3 Å². The van der Waals surface area contributed by atoms with Gasteiger partial charge in [-0.1, -0.05) is 37.1 Å². The molecule has 1 aromatic carbocycles. The van der Waals surface area contributed by atoms with Crippen LogP contribution in [0.3, 0.4) is 0 Å². The summed E-state index contributed by atoms with van der Waals surface area (Å²) in [5.74, 6) is 0.468. The van der Waals surface area contributed by atoms with Crippen LogP contribution in [0.25, 0.3) is 0 Å².